The van der Waals surface area contributed by atoms with Crippen molar-refractivity contribution in [3.63, 3.8) is 0 Å². The highest BCUT2D eigenvalue weighted by Gasteiger charge is 2.30. The number of morpholine rings is 1. The topological polar surface area (TPSA) is 58.6 Å². The standard InChI is InChI=1S/C22H34N4O3/c1-4-23-22(26-6-5-19(15-26)25-7-9-28-10-8-25)24-14-18-13-21-17(11-16(2)29-21)12-20(18)27-3/h12-13,16,19H,4-11,14-15H2,1-3H3,(H,23,24). The van der Waals surface area contributed by atoms with Gasteiger partial charge in [0.05, 0.1) is 26.9 Å². The summed E-state index contributed by atoms with van der Waals surface area (Å²) < 4.78 is 17.1. The average Bonchev–Trinajstić information content (AvgIpc) is 3.36. The van der Waals surface area contributed by atoms with E-state index in [-0.39, 0.29) is 6.10 Å². The maximum atomic E-state index is 5.94. The van der Waals surface area contributed by atoms with Crippen LogP contribution >= 0.6 is 0 Å². The second kappa shape index (κ2) is 9.22. The third-order valence-corrected chi connectivity index (χ3v) is 6.06. The highest BCUT2D eigenvalue weighted by molar-refractivity contribution is 5.80. The van der Waals surface area contributed by atoms with Gasteiger partial charge < -0.3 is 24.4 Å². The van der Waals surface area contributed by atoms with E-state index in [9.17, 15) is 0 Å². The molecule has 3 aliphatic heterocycles. The van der Waals surface area contributed by atoms with E-state index in [4.69, 9.17) is 19.2 Å². The van der Waals surface area contributed by atoms with Crippen LogP contribution in [0.1, 0.15) is 31.4 Å². The maximum Gasteiger partial charge on any atom is 0.194 e. The van der Waals surface area contributed by atoms with Gasteiger partial charge in [0.15, 0.2) is 5.96 Å². The van der Waals surface area contributed by atoms with Crippen LogP contribution in [0.2, 0.25) is 0 Å². The van der Waals surface area contributed by atoms with E-state index >= 15 is 0 Å². The van der Waals surface area contributed by atoms with Gasteiger partial charge in [-0.2, -0.15) is 0 Å². The molecule has 160 valence electrons. The molecule has 7 heteroatoms. The molecule has 1 aromatic carbocycles. The van der Waals surface area contributed by atoms with E-state index in [1.807, 2.05) is 0 Å². The Labute approximate surface area is 174 Å². The van der Waals surface area contributed by atoms with Crippen LogP contribution in [0.4, 0.5) is 0 Å². The second-order valence-electron chi connectivity index (χ2n) is 8.11. The zero-order valence-electron chi connectivity index (χ0n) is 17.9. The van der Waals surface area contributed by atoms with E-state index < -0.39 is 0 Å². The Morgan fingerprint density at radius 2 is 2.10 bits per heavy atom. The minimum Gasteiger partial charge on any atom is -0.496 e. The van der Waals surface area contributed by atoms with Gasteiger partial charge in [-0.3, -0.25) is 4.90 Å². The van der Waals surface area contributed by atoms with Crippen molar-refractivity contribution < 1.29 is 14.2 Å². The Bertz CT molecular complexity index is 733. The number of hydrogen-bond donors (Lipinski definition) is 1. The molecule has 2 atom stereocenters. The minimum atomic E-state index is 0.229. The van der Waals surface area contributed by atoms with Crippen LogP contribution in [0, 0.1) is 0 Å². The Morgan fingerprint density at radius 1 is 1.28 bits per heavy atom. The number of hydrogen-bond acceptors (Lipinski definition) is 5. The molecule has 3 aliphatic rings. The van der Waals surface area contributed by atoms with Crippen molar-refractivity contribution >= 4 is 5.96 Å². The normalized spacial score (nSPS) is 25.1. The number of benzene rings is 1. The third-order valence-electron chi connectivity index (χ3n) is 6.06. The number of guanidine groups is 1. The van der Waals surface area contributed by atoms with Gasteiger partial charge in [-0.05, 0) is 32.4 Å². The van der Waals surface area contributed by atoms with E-state index in [1.54, 1.807) is 7.11 Å². The van der Waals surface area contributed by atoms with Crippen molar-refractivity contribution in [2.75, 3.05) is 53.0 Å². The fourth-order valence-electron chi connectivity index (χ4n) is 4.56. The first kappa shape index (κ1) is 20.3. The van der Waals surface area contributed by atoms with Crippen LogP contribution in [0.15, 0.2) is 17.1 Å². The Morgan fingerprint density at radius 3 is 2.86 bits per heavy atom. The van der Waals surface area contributed by atoms with Crippen LogP contribution in [-0.4, -0.2) is 81.0 Å². The molecule has 1 aromatic rings. The van der Waals surface area contributed by atoms with Crippen molar-refractivity contribution in [3.8, 4) is 11.5 Å². The van der Waals surface area contributed by atoms with Crippen LogP contribution in [0.5, 0.6) is 11.5 Å². The molecule has 29 heavy (non-hydrogen) atoms. The van der Waals surface area contributed by atoms with Crippen molar-refractivity contribution in [2.24, 2.45) is 4.99 Å². The lowest BCUT2D eigenvalue weighted by Crippen LogP contribution is -2.46. The van der Waals surface area contributed by atoms with Gasteiger partial charge in [0.1, 0.15) is 17.6 Å². The van der Waals surface area contributed by atoms with Crippen molar-refractivity contribution in [2.45, 2.75) is 45.4 Å². The summed E-state index contributed by atoms with van der Waals surface area (Å²) in [5, 5.41) is 3.48. The molecule has 3 heterocycles. The summed E-state index contributed by atoms with van der Waals surface area (Å²) in [5.74, 6) is 2.86. The molecule has 2 saturated heterocycles. The molecule has 1 N–H and O–H groups in total. The number of fused-ring (bicyclic) bond motifs is 1. The van der Waals surface area contributed by atoms with Gasteiger partial charge in [-0.25, -0.2) is 4.99 Å². The van der Waals surface area contributed by atoms with E-state index in [2.05, 4.69) is 41.1 Å². The summed E-state index contributed by atoms with van der Waals surface area (Å²) in [5.41, 5.74) is 2.29. The fraction of sp³-hybridized carbons (Fsp3) is 0.682. The number of rotatable bonds is 5. The van der Waals surface area contributed by atoms with Gasteiger partial charge in [0.25, 0.3) is 0 Å². The molecule has 0 aliphatic carbocycles. The number of nitrogens with one attached hydrogen (secondary N) is 1. The minimum absolute atomic E-state index is 0.229. The smallest absolute Gasteiger partial charge is 0.194 e. The Kier molecular flexibility index (Phi) is 6.45. The van der Waals surface area contributed by atoms with Crippen molar-refractivity contribution in [1.29, 1.82) is 0 Å². The second-order valence-corrected chi connectivity index (χ2v) is 8.11. The first-order valence-corrected chi connectivity index (χ1v) is 10.9. The van der Waals surface area contributed by atoms with Gasteiger partial charge in [-0.15, -0.1) is 0 Å². The van der Waals surface area contributed by atoms with E-state index in [0.717, 1.165) is 75.4 Å². The molecule has 0 bridgehead atoms. The summed E-state index contributed by atoms with van der Waals surface area (Å²) in [4.78, 5) is 9.91. The first-order chi connectivity index (χ1) is 14.2. The molecule has 0 spiro atoms. The van der Waals surface area contributed by atoms with Crippen LogP contribution in [0.25, 0.3) is 0 Å². The zero-order chi connectivity index (χ0) is 20.2. The van der Waals surface area contributed by atoms with E-state index in [0.29, 0.717) is 12.6 Å². The third kappa shape index (κ3) is 4.61. The first-order valence-electron chi connectivity index (χ1n) is 10.9. The fourth-order valence-corrected chi connectivity index (χ4v) is 4.56. The molecule has 2 fully saturated rings. The summed E-state index contributed by atoms with van der Waals surface area (Å²) in [6.07, 6.45) is 2.35. The summed E-state index contributed by atoms with van der Waals surface area (Å²) in [7, 11) is 1.73. The number of aliphatic imine (C=N–C) groups is 1. The predicted molar refractivity (Wildman–Crippen MR) is 114 cm³/mol. The maximum absolute atomic E-state index is 5.94. The molecule has 2 unspecified atom stereocenters. The van der Waals surface area contributed by atoms with Crippen LogP contribution < -0.4 is 14.8 Å². The van der Waals surface area contributed by atoms with Crippen molar-refractivity contribution in [1.82, 2.24) is 15.1 Å². The van der Waals surface area contributed by atoms with Gasteiger partial charge in [0, 0.05) is 56.3 Å². The number of likely N-dealkylation sites (tertiary alicyclic amines) is 1. The highest BCUT2D eigenvalue weighted by Crippen LogP contribution is 2.35. The molecular weight excluding hydrogens is 368 g/mol. The van der Waals surface area contributed by atoms with Gasteiger partial charge in [-0.1, -0.05) is 0 Å². The monoisotopic (exact) mass is 402 g/mol. The Balaban J connectivity index is 1.46. The summed E-state index contributed by atoms with van der Waals surface area (Å²) in [6.45, 7) is 11.5. The Hall–Kier alpha value is -1.99. The molecule has 0 aromatic heterocycles. The molecule has 4 rings (SSSR count). The lowest BCUT2D eigenvalue weighted by atomic mass is 10.1. The van der Waals surface area contributed by atoms with Gasteiger partial charge in [0.2, 0.25) is 0 Å². The van der Waals surface area contributed by atoms with Gasteiger partial charge >= 0.3 is 0 Å². The molecule has 0 amide bonds. The lowest BCUT2D eigenvalue weighted by molar-refractivity contribution is 0.0195. The number of nitrogens with zero attached hydrogens (tertiary/aromatic N) is 3. The van der Waals surface area contributed by atoms with Crippen molar-refractivity contribution in [3.05, 3.63) is 23.3 Å². The molecule has 7 nitrogen and oxygen atoms in total. The summed E-state index contributed by atoms with van der Waals surface area (Å²) in [6, 6.07) is 4.80. The zero-order valence-corrected chi connectivity index (χ0v) is 17.9. The summed E-state index contributed by atoms with van der Waals surface area (Å²) >= 11 is 0. The van der Waals surface area contributed by atoms with E-state index in [1.165, 1.54) is 12.0 Å². The number of ether oxygens (including phenoxy) is 3. The molecular formula is C22H34N4O3. The SMILES string of the molecule is CCNC(=NCc1cc2c(cc1OC)CC(C)O2)N1CCC(N2CCOCC2)C1. The quantitative estimate of drug-likeness (QED) is 0.600. The molecule has 0 saturated carbocycles. The average molecular weight is 403 g/mol. The number of methoxy groups -OCH3 is 1. The van der Waals surface area contributed by atoms with Crippen LogP contribution in [0.3, 0.4) is 0 Å². The largest absolute Gasteiger partial charge is 0.496 e. The van der Waals surface area contributed by atoms with Crippen LogP contribution in [-0.2, 0) is 17.7 Å². The highest BCUT2D eigenvalue weighted by atomic mass is 16.5. The molecule has 0 radical (unpaired) electrons. The predicted octanol–water partition coefficient (Wildman–Crippen LogP) is 1.89. The lowest BCUT2D eigenvalue weighted by Gasteiger charge is -2.32.